The molecule has 0 N–H and O–H groups in total. The Labute approximate surface area is 74.2 Å². The van der Waals surface area contributed by atoms with Gasteiger partial charge in [0.25, 0.3) is 0 Å². The number of rotatable bonds is 0. The van der Waals surface area contributed by atoms with Crippen molar-refractivity contribution in [2.45, 2.75) is 38.7 Å². The highest BCUT2D eigenvalue weighted by atomic mass is 16.6. The molecule has 2 heteroatoms. The molecule has 70 valence electrons. The van der Waals surface area contributed by atoms with E-state index >= 15 is 0 Å². The quantitative estimate of drug-likeness (QED) is 0.518. The molecule has 0 bridgehead atoms. The molecule has 2 fully saturated rings. The van der Waals surface area contributed by atoms with Crippen molar-refractivity contribution in [1.82, 2.24) is 0 Å². The average molecular weight is 170 g/mol. The first kappa shape index (κ1) is 8.52. The molecule has 0 radical (unpaired) electrons. The highest BCUT2D eigenvalue weighted by Crippen LogP contribution is 2.37. The summed E-state index contributed by atoms with van der Waals surface area (Å²) in [7, 11) is 0. The maximum Gasteiger partial charge on any atom is 0.115 e. The third kappa shape index (κ3) is 1.80. The predicted molar refractivity (Wildman–Crippen MR) is 47.1 cm³/mol. The van der Waals surface area contributed by atoms with Crippen LogP contribution in [0.15, 0.2) is 0 Å². The van der Waals surface area contributed by atoms with Gasteiger partial charge in [-0.3, -0.25) is 0 Å². The summed E-state index contributed by atoms with van der Waals surface area (Å²) in [5.74, 6) is 0. The third-order valence-corrected chi connectivity index (χ3v) is 2.90. The standard InChI is InChI=1S/C10H18O2/c1-9(2)4-3-5-10(8-12-10)7-11-6-9/h3-8H2,1-2H3. The Morgan fingerprint density at radius 3 is 2.42 bits per heavy atom. The summed E-state index contributed by atoms with van der Waals surface area (Å²) in [6, 6.07) is 0. The average Bonchev–Trinajstić information content (AvgIpc) is 2.65. The van der Waals surface area contributed by atoms with E-state index in [-0.39, 0.29) is 5.60 Å². The minimum absolute atomic E-state index is 0.149. The summed E-state index contributed by atoms with van der Waals surface area (Å²) in [4.78, 5) is 0. The molecular weight excluding hydrogens is 152 g/mol. The lowest BCUT2D eigenvalue weighted by molar-refractivity contribution is 0.00587. The van der Waals surface area contributed by atoms with E-state index in [1.807, 2.05) is 0 Å². The summed E-state index contributed by atoms with van der Waals surface area (Å²) >= 11 is 0. The highest BCUT2D eigenvalue weighted by Gasteiger charge is 2.45. The Morgan fingerprint density at radius 2 is 1.75 bits per heavy atom. The molecule has 2 rings (SSSR count). The van der Waals surface area contributed by atoms with E-state index in [2.05, 4.69) is 13.8 Å². The number of epoxide rings is 1. The van der Waals surface area contributed by atoms with Crippen molar-refractivity contribution in [3.05, 3.63) is 0 Å². The van der Waals surface area contributed by atoms with Crippen LogP contribution in [-0.4, -0.2) is 25.4 Å². The predicted octanol–water partition coefficient (Wildman–Crippen LogP) is 1.98. The summed E-state index contributed by atoms with van der Waals surface area (Å²) in [6.45, 7) is 7.18. The van der Waals surface area contributed by atoms with Gasteiger partial charge in [-0.2, -0.15) is 0 Å². The summed E-state index contributed by atoms with van der Waals surface area (Å²) in [5, 5.41) is 0. The molecule has 0 aromatic heterocycles. The Kier molecular flexibility index (Phi) is 1.92. The van der Waals surface area contributed by atoms with Crippen LogP contribution in [0.2, 0.25) is 0 Å². The van der Waals surface area contributed by atoms with Crippen LogP contribution in [0.4, 0.5) is 0 Å². The lowest BCUT2D eigenvalue weighted by atomic mass is 9.85. The SMILES string of the molecule is CC1(C)CCCC2(COC1)CO2. The van der Waals surface area contributed by atoms with Crippen LogP contribution in [0.5, 0.6) is 0 Å². The van der Waals surface area contributed by atoms with Crippen LogP contribution in [0.1, 0.15) is 33.1 Å². The van der Waals surface area contributed by atoms with Gasteiger partial charge < -0.3 is 9.47 Å². The van der Waals surface area contributed by atoms with Gasteiger partial charge in [-0.15, -0.1) is 0 Å². The van der Waals surface area contributed by atoms with Gasteiger partial charge in [0.05, 0.1) is 19.8 Å². The third-order valence-electron chi connectivity index (χ3n) is 2.90. The Hall–Kier alpha value is -0.0800. The van der Waals surface area contributed by atoms with Crippen molar-refractivity contribution in [1.29, 1.82) is 0 Å². The normalized spacial score (nSPS) is 40.5. The number of hydrogen-bond acceptors (Lipinski definition) is 2. The fourth-order valence-corrected chi connectivity index (χ4v) is 1.88. The fraction of sp³-hybridized carbons (Fsp3) is 1.00. The molecule has 0 saturated carbocycles. The van der Waals surface area contributed by atoms with Crippen molar-refractivity contribution in [3.8, 4) is 0 Å². The van der Waals surface area contributed by atoms with Crippen molar-refractivity contribution < 1.29 is 9.47 Å². The Morgan fingerprint density at radius 1 is 1.00 bits per heavy atom. The fourth-order valence-electron chi connectivity index (χ4n) is 1.88. The smallest absolute Gasteiger partial charge is 0.115 e. The molecule has 1 unspecified atom stereocenters. The molecule has 2 aliphatic rings. The van der Waals surface area contributed by atoms with Crippen molar-refractivity contribution in [2.24, 2.45) is 5.41 Å². The topological polar surface area (TPSA) is 21.8 Å². The van der Waals surface area contributed by atoms with Crippen LogP contribution in [0.3, 0.4) is 0 Å². The molecular formula is C10H18O2. The van der Waals surface area contributed by atoms with E-state index in [1.165, 1.54) is 19.3 Å². The lowest BCUT2D eigenvalue weighted by Crippen LogP contribution is -2.29. The molecule has 1 atom stereocenters. The molecule has 12 heavy (non-hydrogen) atoms. The molecule has 2 saturated heterocycles. The summed E-state index contributed by atoms with van der Waals surface area (Å²) in [5.41, 5.74) is 0.521. The van der Waals surface area contributed by atoms with Crippen molar-refractivity contribution in [3.63, 3.8) is 0 Å². The van der Waals surface area contributed by atoms with Gasteiger partial charge in [0.15, 0.2) is 0 Å². The van der Waals surface area contributed by atoms with Gasteiger partial charge in [-0.25, -0.2) is 0 Å². The molecule has 0 aliphatic carbocycles. The molecule has 2 nitrogen and oxygen atoms in total. The molecule has 2 heterocycles. The minimum Gasteiger partial charge on any atom is -0.378 e. The minimum atomic E-state index is 0.149. The molecule has 0 aromatic rings. The maximum atomic E-state index is 5.64. The van der Waals surface area contributed by atoms with Crippen LogP contribution in [0, 0.1) is 5.41 Å². The maximum absolute atomic E-state index is 5.64. The van der Waals surface area contributed by atoms with Gasteiger partial charge in [-0.05, 0) is 24.7 Å². The van der Waals surface area contributed by atoms with Crippen molar-refractivity contribution in [2.75, 3.05) is 19.8 Å². The largest absolute Gasteiger partial charge is 0.378 e. The zero-order valence-corrected chi connectivity index (χ0v) is 8.06. The van der Waals surface area contributed by atoms with Gasteiger partial charge in [0.2, 0.25) is 0 Å². The van der Waals surface area contributed by atoms with E-state index in [9.17, 15) is 0 Å². The van der Waals surface area contributed by atoms with Crippen molar-refractivity contribution >= 4 is 0 Å². The van der Waals surface area contributed by atoms with Crippen LogP contribution in [0.25, 0.3) is 0 Å². The second-order valence-corrected chi connectivity index (χ2v) is 4.98. The monoisotopic (exact) mass is 170 g/mol. The first-order valence-corrected chi connectivity index (χ1v) is 4.84. The van der Waals surface area contributed by atoms with Gasteiger partial charge in [0.1, 0.15) is 5.60 Å². The Balaban J connectivity index is 1.89. The van der Waals surface area contributed by atoms with Gasteiger partial charge >= 0.3 is 0 Å². The molecule has 0 aromatic carbocycles. The van der Waals surface area contributed by atoms with E-state index in [4.69, 9.17) is 9.47 Å². The summed E-state index contributed by atoms with van der Waals surface area (Å²) < 4.78 is 11.1. The molecule has 1 spiro atoms. The van der Waals surface area contributed by atoms with Crippen LogP contribution < -0.4 is 0 Å². The van der Waals surface area contributed by atoms with Crippen LogP contribution >= 0.6 is 0 Å². The zero-order chi connectivity index (χ0) is 8.66. The highest BCUT2D eigenvalue weighted by molar-refractivity contribution is 4.93. The zero-order valence-electron chi connectivity index (χ0n) is 8.06. The van der Waals surface area contributed by atoms with Crippen LogP contribution in [-0.2, 0) is 9.47 Å². The molecule has 2 aliphatic heterocycles. The van der Waals surface area contributed by atoms with E-state index in [1.54, 1.807) is 0 Å². The van der Waals surface area contributed by atoms with E-state index in [0.29, 0.717) is 5.41 Å². The number of ether oxygens (including phenoxy) is 2. The van der Waals surface area contributed by atoms with Gasteiger partial charge in [0, 0.05) is 0 Å². The molecule has 0 amide bonds. The lowest BCUT2D eigenvalue weighted by Gasteiger charge is -2.28. The summed E-state index contributed by atoms with van der Waals surface area (Å²) in [6.07, 6.45) is 3.74. The van der Waals surface area contributed by atoms with E-state index < -0.39 is 0 Å². The number of hydrogen-bond donors (Lipinski definition) is 0. The first-order chi connectivity index (χ1) is 5.62. The van der Waals surface area contributed by atoms with E-state index in [0.717, 1.165) is 19.8 Å². The first-order valence-electron chi connectivity index (χ1n) is 4.84. The second kappa shape index (κ2) is 2.71. The Bertz CT molecular complexity index is 151. The second-order valence-electron chi connectivity index (χ2n) is 4.98. The van der Waals surface area contributed by atoms with Gasteiger partial charge in [-0.1, -0.05) is 13.8 Å².